The summed E-state index contributed by atoms with van der Waals surface area (Å²) in [6, 6.07) is 10.4. The molecule has 0 aromatic heterocycles. The molecule has 1 atom stereocenters. The van der Waals surface area contributed by atoms with E-state index in [-0.39, 0.29) is 12.6 Å². The van der Waals surface area contributed by atoms with E-state index < -0.39 is 5.91 Å². The van der Waals surface area contributed by atoms with Crippen molar-refractivity contribution in [3.63, 3.8) is 0 Å². The van der Waals surface area contributed by atoms with Crippen molar-refractivity contribution < 1.29 is 19.4 Å². The minimum atomic E-state index is -0.397. The molecule has 1 unspecified atom stereocenters. The van der Waals surface area contributed by atoms with E-state index in [9.17, 15) is 9.90 Å². The van der Waals surface area contributed by atoms with Crippen LogP contribution in [0.5, 0.6) is 11.5 Å². The van der Waals surface area contributed by atoms with E-state index in [4.69, 9.17) is 15.2 Å². The Labute approximate surface area is 208 Å². The highest BCUT2D eigenvalue weighted by molar-refractivity contribution is 6.00. The Kier molecular flexibility index (Phi) is 8.52. The molecular weight excluding hydrogens is 442 g/mol. The van der Waals surface area contributed by atoms with Crippen LogP contribution in [-0.4, -0.2) is 56.5 Å². The summed E-state index contributed by atoms with van der Waals surface area (Å²) >= 11 is 0. The molecule has 7 heteroatoms. The summed E-state index contributed by atoms with van der Waals surface area (Å²) in [4.78, 5) is 14.4. The van der Waals surface area contributed by atoms with Gasteiger partial charge in [0.15, 0.2) is 11.5 Å². The number of benzene rings is 2. The fraction of sp³-hybridized carbons (Fsp3) is 0.536. The number of carbonyl (C=O) groups excluding carboxylic acids is 1. The average Bonchev–Trinajstić information content (AvgIpc) is 3.58. The van der Waals surface area contributed by atoms with Gasteiger partial charge in [-0.25, -0.2) is 0 Å². The predicted molar refractivity (Wildman–Crippen MR) is 139 cm³/mol. The number of hydrogen-bond donors (Lipinski definition) is 3. The molecule has 4 N–H and O–H groups in total. The number of primary amides is 1. The van der Waals surface area contributed by atoms with Gasteiger partial charge >= 0.3 is 0 Å². The molecule has 2 aromatic carbocycles. The summed E-state index contributed by atoms with van der Waals surface area (Å²) in [6.45, 7) is 7.95. The fourth-order valence-corrected chi connectivity index (χ4v) is 4.71. The third kappa shape index (κ3) is 6.89. The van der Waals surface area contributed by atoms with Gasteiger partial charge in [-0.1, -0.05) is 12.1 Å². The molecule has 0 radical (unpaired) electrons. The van der Waals surface area contributed by atoms with Gasteiger partial charge in [-0.3, -0.25) is 4.79 Å². The van der Waals surface area contributed by atoms with Crippen LogP contribution in [0.15, 0.2) is 30.3 Å². The Balaban J connectivity index is 1.29. The van der Waals surface area contributed by atoms with Crippen molar-refractivity contribution in [2.45, 2.75) is 52.0 Å². The first-order valence-electron chi connectivity index (χ1n) is 12.9. The van der Waals surface area contributed by atoms with Gasteiger partial charge in [-0.2, -0.15) is 0 Å². The van der Waals surface area contributed by atoms with Gasteiger partial charge in [0, 0.05) is 32.3 Å². The number of ether oxygens (including phenoxy) is 2. The van der Waals surface area contributed by atoms with Gasteiger partial charge in [0.05, 0.1) is 17.9 Å². The van der Waals surface area contributed by atoms with E-state index in [1.165, 1.54) is 18.4 Å². The molecule has 35 heavy (non-hydrogen) atoms. The summed E-state index contributed by atoms with van der Waals surface area (Å²) in [6.07, 6.45) is 4.89. The number of amides is 1. The van der Waals surface area contributed by atoms with Crippen LogP contribution in [0, 0.1) is 12.8 Å². The van der Waals surface area contributed by atoms with Gasteiger partial charge in [0.2, 0.25) is 0 Å². The van der Waals surface area contributed by atoms with Crippen molar-refractivity contribution >= 4 is 11.6 Å². The van der Waals surface area contributed by atoms with E-state index in [2.05, 4.69) is 30.1 Å². The Bertz CT molecular complexity index is 1020. The predicted octanol–water partition coefficient (Wildman–Crippen LogP) is 3.23. The first kappa shape index (κ1) is 25.3. The molecule has 0 bridgehead atoms. The summed E-state index contributed by atoms with van der Waals surface area (Å²) < 4.78 is 12.0. The maximum Gasteiger partial charge on any atom is 0.250 e. The monoisotopic (exact) mass is 481 g/mol. The lowest BCUT2D eigenvalue weighted by atomic mass is 9.98. The van der Waals surface area contributed by atoms with E-state index in [1.807, 2.05) is 24.3 Å². The van der Waals surface area contributed by atoms with E-state index in [0.717, 1.165) is 60.9 Å². The SMILES string of the molecule is Cc1ccc(OCCNC(C)Cc2cc3c(c(C(N)=O)c2)N(CCCO)CC3)c(OCC2CC2)c1. The number of fused-ring (bicyclic) bond motifs is 1. The van der Waals surface area contributed by atoms with Gasteiger partial charge in [0.25, 0.3) is 5.91 Å². The van der Waals surface area contributed by atoms with Crippen LogP contribution in [0.2, 0.25) is 0 Å². The van der Waals surface area contributed by atoms with Crippen LogP contribution in [0.25, 0.3) is 0 Å². The molecule has 1 amide bonds. The van der Waals surface area contributed by atoms with Crippen molar-refractivity contribution in [2.24, 2.45) is 11.7 Å². The number of aliphatic hydroxyl groups is 1. The molecule has 1 heterocycles. The Morgan fingerprint density at radius 2 is 2.06 bits per heavy atom. The highest BCUT2D eigenvalue weighted by atomic mass is 16.5. The lowest BCUT2D eigenvalue weighted by Gasteiger charge is -2.22. The Morgan fingerprint density at radius 1 is 1.23 bits per heavy atom. The first-order chi connectivity index (χ1) is 16.9. The molecule has 0 saturated heterocycles. The second-order valence-corrected chi connectivity index (χ2v) is 9.94. The standard InChI is InChI=1S/C28H39N3O4/c1-19-4-7-25(26(14-19)35-18-21-5-6-21)34-13-9-30-20(2)15-22-16-23-8-11-31(10-3-12-32)27(23)24(17-22)28(29)33/h4,7,14,16-17,20-21,30,32H,3,5-6,8-13,15,18H2,1-2H3,(H2,29,33). The number of carbonyl (C=O) groups is 1. The maximum absolute atomic E-state index is 12.2. The molecule has 1 saturated carbocycles. The van der Waals surface area contributed by atoms with Crippen molar-refractivity contribution in [3.05, 3.63) is 52.6 Å². The van der Waals surface area contributed by atoms with Crippen LogP contribution < -0.4 is 25.4 Å². The number of nitrogens with two attached hydrogens (primary N) is 1. The minimum Gasteiger partial charge on any atom is -0.489 e. The number of nitrogens with zero attached hydrogens (tertiary/aromatic N) is 1. The van der Waals surface area contributed by atoms with Gasteiger partial charge in [0.1, 0.15) is 6.61 Å². The average molecular weight is 482 g/mol. The number of aliphatic hydroxyl groups excluding tert-OH is 1. The van der Waals surface area contributed by atoms with E-state index in [1.54, 1.807) is 0 Å². The summed E-state index contributed by atoms with van der Waals surface area (Å²) in [7, 11) is 0. The lowest BCUT2D eigenvalue weighted by Crippen LogP contribution is -2.32. The third-order valence-corrected chi connectivity index (χ3v) is 6.73. The Hall–Kier alpha value is -2.77. The van der Waals surface area contributed by atoms with Crippen LogP contribution >= 0.6 is 0 Å². The second-order valence-electron chi connectivity index (χ2n) is 9.94. The molecule has 2 aromatic rings. The molecule has 190 valence electrons. The zero-order chi connectivity index (χ0) is 24.8. The largest absolute Gasteiger partial charge is 0.489 e. The van der Waals surface area contributed by atoms with Gasteiger partial charge in [-0.15, -0.1) is 0 Å². The number of aryl methyl sites for hydroxylation is 1. The molecule has 4 rings (SSSR count). The topological polar surface area (TPSA) is 97.0 Å². The van der Waals surface area contributed by atoms with Crippen LogP contribution in [-0.2, 0) is 12.8 Å². The molecular formula is C28H39N3O4. The summed E-state index contributed by atoms with van der Waals surface area (Å²) in [5.74, 6) is 1.92. The molecule has 0 spiro atoms. The van der Waals surface area contributed by atoms with Gasteiger partial charge in [-0.05, 0) is 86.8 Å². The smallest absolute Gasteiger partial charge is 0.250 e. The molecule has 7 nitrogen and oxygen atoms in total. The zero-order valence-corrected chi connectivity index (χ0v) is 21.0. The van der Waals surface area contributed by atoms with Gasteiger partial charge < -0.3 is 30.5 Å². The van der Waals surface area contributed by atoms with E-state index in [0.29, 0.717) is 31.1 Å². The number of rotatable bonds is 14. The highest BCUT2D eigenvalue weighted by Crippen LogP contribution is 2.34. The van der Waals surface area contributed by atoms with E-state index >= 15 is 0 Å². The molecule has 1 aliphatic carbocycles. The van der Waals surface area contributed by atoms with Crippen molar-refractivity contribution in [2.75, 3.05) is 44.4 Å². The normalized spacial score (nSPS) is 15.7. The Morgan fingerprint density at radius 3 is 2.80 bits per heavy atom. The molecule has 2 aliphatic rings. The fourth-order valence-electron chi connectivity index (χ4n) is 4.71. The van der Waals surface area contributed by atoms with Crippen LogP contribution in [0.1, 0.15) is 53.2 Å². The van der Waals surface area contributed by atoms with Crippen molar-refractivity contribution in [1.82, 2.24) is 5.32 Å². The maximum atomic E-state index is 12.2. The number of nitrogens with one attached hydrogen (secondary N) is 1. The quantitative estimate of drug-likeness (QED) is 0.359. The van der Waals surface area contributed by atoms with Crippen molar-refractivity contribution in [1.29, 1.82) is 0 Å². The first-order valence-corrected chi connectivity index (χ1v) is 12.9. The lowest BCUT2D eigenvalue weighted by molar-refractivity contribution is 0.100. The summed E-state index contributed by atoms with van der Waals surface area (Å²) in [5, 5.41) is 12.7. The second kappa shape index (κ2) is 11.8. The highest BCUT2D eigenvalue weighted by Gasteiger charge is 2.25. The van der Waals surface area contributed by atoms with Crippen LogP contribution in [0.3, 0.4) is 0 Å². The van der Waals surface area contributed by atoms with Crippen LogP contribution in [0.4, 0.5) is 5.69 Å². The minimum absolute atomic E-state index is 0.140. The van der Waals surface area contributed by atoms with Crippen molar-refractivity contribution in [3.8, 4) is 11.5 Å². The third-order valence-electron chi connectivity index (χ3n) is 6.73. The molecule has 1 fully saturated rings. The number of hydrogen-bond acceptors (Lipinski definition) is 6. The molecule has 1 aliphatic heterocycles. The zero-order valence-electron chi connectivity index (χ0n) is 21.0. The number of anilines is 1. The summed E-state index contributed by atoms with van der Waals surface area (Å²) in [5.41, 5.74) is 10.7.